The van der Waals surface area contributed by atoms with Crippen LogP contribution in [-0.2, 0) is 33.3 Å². The SMILES string of the molecule is CCC(CCC(=O)CCS)(COC(=O)CCS)COC(=O)CCS.SCCCS.SCCOCCOCCS. The zero-order valence-corrected chi connectivity index (χ0v) is 29.4. The van der Waals surface area contributed by atoms with Crippen LogP contribution >= 0.6 is 88.4 Å². The Morgan fingerprint density at radius 3 is 1.31 bits per heavy atom. The normalized spacial score (nSPS) is 10.6. The van der Waals surface area contributed by atoms with Gasteiger partial charge in [0.25, 0.3) is 0 Å². The summed E-state index contributed by atoms with van der Waals surface area (Å²) >= 11 is 27.9. The van der Waals surface area contributed by atoms with Crippen LogP contribution in [0.4, 0.5) is 0 Å². The van der Waals surface area contributed by atoms with Crippen molar-refractivity contribution in [3.8, 4) is 0 Å². The molecule has 0 aliphatic carbocycles. The first kappa shape index (κ1) is 44.4. The number of Topliss-reactive ketones (excluding diaryl/α,β-unsaturated/α-hetero) is 1. The lowest BCUT2D eigenvalue weighted by molar-refractivity contribution is -0.154. The van der Waals surface area contributed by atoms with Crippen LogP contribution in [0.5, 0.6) is 0 Å². The molecule has 0 atom stereocenters. The third-order valence-corrected chi connectivity index (χ3v) is 6.61. The Kier molecular flexibility index (Phi) is 40.1. The van der Waals surface area contributed by atoms with Gasteiger partial charge in [0.1, 0.15) is 19.0 Å². The molecule has 0 N–H and O–H groups in total. The Morgan fingerprint density at radius 2 is 1.00 bits per heavy atom. The fourth-order valence-corrected chi connectivity index (χ4v) is 3.98. The molecule has 0 amide bonds. The van der Waals surface area contributed by atoms with Gasteiger partial charge in [0.2, 0.25) is 0 Å². The largest absolute Gasteiger partial charge is 0.465 e. The van der Waals surface area contributed by atoms with Crippen molar-refractivity contribution < 1.29 is 33.3 Å². The monoisotopic (exact) mass is 686 g/mol. The van der Waals surface area contributed by atoms with E-state index in [1.807, 2.05) is 6.92 Å². The minimum Gasteiger partial charge on any atom is -0.465 e. The average molecular weight is 687 g/mol. The van der Waals surface area contributed by atoms with Gasteiger partial charge in [-0.25, -0.2) is 0 Å². The van der Waals surface area contributed by atoms with Crippen molar-refractivity contribution in [2.75, 3.05) is 79.9 Å². The molecule has 0 aliphatic rings. The predicted molar refractivity (Wildman–Crippen MR) is 186 cm³/mol. The minimum atomic E-state index is -0.551. The lowest BCUT2D eigenvalue weighted by Gasteiger charge is -2.31. The summed E-state index contributed by atoms with van der Waals surface area (Å²) in [6.45, 7) is 4.90. The Bertz CT molecular complexity index is 508. The van der Waals surface area contributed by atoms with E-state index < -0.39 is 5.41 Å². The Balaban J connectivity index is -0.000000706. The number of carbonyl (C=O) groups excluding carboxylic acids is 3. The van der Waals surface area contributed by atoms with E-state index in [0.29, 0.717) is 69.4 Å². The van der Waals surface area contributed by atoms with Crippen LogP contribution in [0, 0.1) is 5.41 Å². The fourth-order valence-electron chi connectivity index (χ4n) is 2.54. The highest BCUT2D eigenvalue weighted by Gasteiger charge is 2.32. The van der Waals surface area contributed by atoms with Gasteiger partial charge in [-0.15, -0.1) is 0 Å². The van der Waals surface area contributed by atoms with Gasteiger partial charge in [-0.05, 0) is 36.5 Å². The molecular weight excluding hydrogens is 637 g/mol. The van der Waals surface area contributed by atoms with Gasteiger partial charge in [-0.2, -0.15) is 88.4 Å². The molecule has 39 heavy (non-hydrogen) atoms. The number of esters is 2. The molecule has 0 unspecified atom stereocenters. The van der Waals surface area contributed by atoms with Gasteiger partial charge in [0, 0.05) is 41.3 Å². The summed E-state index contributed by atoms with van der Waals surface area (Å²) < 4.78 is 20.8. The molecule has 0 aliphatic heterocycles. The number of carbonyl (C=O) groups is 3. The molecule has 0 spiro atoms. The standard InChI is InChI=1S/C16H28O5S3.C6H14O2S2.C3H8S2/c1-2-16(7-3-13(17)4-8-22,11-20-14(18)5-9-23)12-21-15(19)6-10-24;9-5-3-7-1-2-8-4-6-10;4-2-1-3-5/h22-24H,2-12H2,1H3;9-10H,1-6H2;4-5H,1-3H2. The van der Waals surface area contributed by atoms with Crippen LogP contribution in [0.3, 0.4) is 0 Å². The Morgan fingerprint density at radius 1 is 0.564 bits per heavy atom. The maximum atomic E-state index is 11.8. The van der Waals surface area contributed by atoms with Crippen molar-refractivity contribution in [2.24, 2.45) is 5.41 Å². The number of hydrogen-bond acceptors (Lipinski definition) is 14. The van der Waals surface area contributed by atoms with Gasteiger partial charge in [-0.1, -0.05) is 6.92 Å². The van der Waals surface area contributed by atoms with Crippen molar-refractivity contribution in [3.05, 3.63) is 0 Å². The van der Waals surface area contributed by atoms with Crippen LogP contribution in [0.2, 0.25) is 0 Å². The van der Waals surface area contributed by atoms with E-state index in [2.05, 4.69) is 88.4 Å². The number of rotatable bonds is 23. The van der Waals surface area contributed by atoms with Gasteiger partial charge in [-0.3, -0.25) is 14.4 Å². The summed E-state index contributed by atoms with van der Waals surface area (Å²) in [4.78, 5) is 35.0. The smallest absolute Gasteiger partial charge is 0.306 e. The molecule has 0 saturated heterocycles. The van der Waals surface area contributed by atoms with Crippen LogP contribution < -0.4 is 0 Å². The molecule has 0 aromatic rings. The van der Waals surface area contributed by atoms with Gasteiger partial charge < -0.3 is 18.9 Å². The van der Waals surface area contributed by atoms with Crippen LogP contribution in [0.25, 0.3) is 0 Å². The van der Waals surface area contributed by atoms with E-state index in [0.717, 1.165) is 29.4 Å². The summed E-state index contributed by atoms with van der Waals surface area (Å²) in [7, 11) is 0. The van der Waals surface area contributed by atoms with Crippen molar-refractivity contribution in [3.63, 3.8) is 0 Å². The molecule has 0 aromatic carbocycles. The third kappa shape index (κ3) is 33.3. The summed E-state index contributed by atoms with van der Waals surface area (Å²) in [5.74, 6) is 4.21. The molecule has 0 radical (unpaired) electrons. The molecule has 0 fully saturated rings. The molecular formula is C25H50O7S7. The Hall–Kier alpha value is 0.980. The van der Waals surface area contributed by atoms with Crippen LogP contribution in [-0.4, -0.2) is 97.6 Å². The molecule has 14 heteroatoms. The number of hydrogen-bond donors (Lipinski definition) is 7. The second kappa shape index (κ2) is 35.2. The summed E-state index contributed by atoms with van der Waals surface area (Å²) in [6.07, 6.45) is 3.44. The zero-order chi connectivity index (χ0) is 30.2. The molecule has 234 valence electrons. The van der Waals surface area contributed by atoms with E-state index in [4.69, 9.17) is 18.9 Å². The maximum absolute atomic E-state index is 11.8. The highest BCUT2D eigenvalue weighted by Crippen LogP contribution is 2.30. The third-order valence-electron chi connectivity index (χ3n) is 4.94. The zero-order valence-electron chi connectivity index (χ0n) is 23.1. The highest BCUT2D eigenvalue weighted by atomic mass is 32.1. The first-order valence-electron chi connectivity index (χ1n) is 13.0. The van der Waals surface area contributed by atoms with Crippen molar-refractivity contribution in [1.29, 1.82) is 0 Å². The topological polar surface area (TPSA) is 88.1 Å². The molecule has 0 rings (SSSR count). The summed E-state index contributed by atoms with van der Waals surface area (Å²) in [5.41, 5.74) is -0.551. The van der Waals surface area contributed by atoms with Crippen LogP contribution in [0.1, 0.15) is 51.9 Å². The van der Waals surface area contributed by atoms with E-state index in [1.54, 1.807) is 0 Å². The lowest BCUT2D eigenvalue weighted by atomic mass is 9.81. The second-order valence-corrected chi connectivity index (χ2v) is 11.2. The minimum absolute atomic E-state index is 0.103. The molecule has 0 heterocycles. The fraction of sp³-hybridized carbons (Fsp3) is 0.880. The van der Waals surface area contributed by atoms with Gasteiger partial charge in [0.05, 0.1) is 39.3 Å². The summed E-state index contributed by atoms with van der Waals surface area (Å²) in [5, 5.41) is 0. The maximum Gasteiger partial charge on any atom is 0.306 e. The quantitative estimate of drug-likeness (QED) is 0.0468. The summed E-state index contributed by atoms with van der Waals surface area (Å²) in [6, 6.07) is 0. The molecule has 7 nitrogen and oxygen atoms in total. The van der Waals surface area contributed by atoms with E-state index in [1.165, 1.54) is 0 Å². The molecule has 0 aromatic heterocycles. The second-order valence-electron chi connectivity index (χ2n) is 8.11. The average Bonchev–Trinajstić information content (AvgIpc) is 2.92. The van der Waals surface area contributed by atoms with E-state index in [9.17, 15) is 14.4 Å². The highest BCUT2D eigenvalue weighted by molar-refractivity contribution is 7.81. The molecule has 0 bridgehead atoms. The number of ketones is 1. The van der Waals surface area contributed by atoms with Crippen molar-refractivity contribution >= 4 is 106 Å². The predicted octanol–water partition coefficient (Wildman–Crippen LogP) is 4.89. The first-order chi connectivity index (χ1) is 18.8. The van der Waals surface area contributed by atoms with Crippen molar-refractivity contribution in [1.82, 2.24) is 0 Å². The first-order valence-corrected chi connectivity index (χ1v) is 17.4. The van der Waals surface area contributed by atoms with Gasteiger partial charge in [0.15, 0.2) is 0 Å². The lowest BCUT2D eigenvalue weighted by Crippen LogP contribution is -2.35. The van der Waals surface area contributed by atoms with Gasteiger partial charge >= 0.3 is 11.9 Å². The van der Waals surface area contributed by atoms with Crippen molar-refractivity contribution in [2.45, 2.75) is 51.9 Å². The van der Waals surface area contributed by atoms with E-state index >= 15 is 0 Å². The van der Waals surface area contributed by atoms with E-state index in [-0.39, 0.29) is 43.8 Å². The number of thiol groups is 7. The molecule has 0 saturated carbocycles. The Labute approximate surface area is 275 Å². The number of ether oxygens (including phenoxy) is 4. The van der Waals surface area contributed by atoms with Crippen LogP contribution in [0.15, 0.2) is 0 Å².